The van der Waals surface area contributed by atoms with Crippen molar-refractivity contribution >= 4 is 23.5 Å². The van der Waals surface area contributed by atoms with Gasteiger partial charge in [0.25, 0.3) is 0 Å². The van der Waals surface area contributed by atoms with E-state index in [9.17, 15) is 14.4 Å². The quantitative estimate of drug-likeness (QED) is 0.842. The monoisotopic (exact) mass is 262 g/mol. The molecule has 1 atom stereocenters. The van der Waals surface area contributed by atoms with E-state index < -0.39 is 18.0 Å². The minimum absolute atomic E-state index is 0.0645. The Morgan fingerprint density at radius 1 is 1.26 bits per heavy atom. The average Bonchev–Trinajstić information content (AvgIpc) is 2.39. The van der Waals surface area contributed by atoms with Crippen LogP contribution in [0.5, 0.6) is 0 Å². The van der Waals surface area contributed by atoms with E-state index in [-0.39, 0.29) is 25.2 Å². The van der Waals surface area contributed by atoms with Crippen LogP contribution in [0.1, 0.15) is 12.8 Å². The number of Topliss-reactive ketones (excluding diaryl/α,β-unsaturated/α-hetero) is 1. The predicted molar refractivity (Wildman–Crippen MR) is 67.8 cm³/mol. The van der Waals surface area contributed by atoms with Crippen LogP contribution in [0.15, 0.2) is 30.3 Å². The number of benzene rings is 1. The number of nitrogens with zero attached hydrogens (tertiary/aromatic N) is 1. The third-order valence-electron chi connectivity index (χ3n) is 3.02. The summed E-state index contributed by atoms with van der Waals surface area (Å²) < 4.78 is 0. The Morgan fingerprint density at radius 3 is 2.58 bits per heavy atom. The molecule has 1 aromatic carbocycles. The van der Waals surface area contributed by atoms with Crippen molar-refractivity contribution < 1.29 is 19.5 Å². The van der Waals surface area contributed by atoms with Crippen LogP contribution in [-0.2, 0) is 9.59 Å². The summed E-state index contributed by atoms with van der Waals surface area (Å²) in [6.07, 6.45) is -1.08. The van der Waals surface area contributed by atoms with Crippen LogP contribution >= 0.6 is 0 Å². The maximum Gasteiger partial charge on any atom is 0.408 e. The molecule has 1 aromatic rings. The van der Waals surface area contributed by atoms with Gasteiger partial charge in [0.15, 0.2) is 0 Å². The number of carbonyl (C=O) groups is 3. The lowest BCUT2D eigenvalue weighted by molar-refractivity contribution is -0.130. The fourth-order valence-corrected chi connectivity index (χ4v) is 2.04. The molecule has 0 spiro atoms. The van der Waals surface area contributed by atoms with Crippen molar-refractivity contribution in [3.8, 4) is 0 Å². The van der Waals surface area contributed by atoms with Gasteiger partial charge in [0.1, 0.15) is 11.8 Å². The molecule has 0 aliphatic carbocycles. The summed E-state index contributed by atoms with van der Waals surface area (Å²) in [5.41, 5.74) is 0.580. The van der Waals surface area contributed by atoms with Gasteiger partial charge in [-0.2, -0.15) is 0 Å². The van der Waals surface area contributed by atoms with Gasteiger partial charge in [0, 0.05) is 25.1 Å². The molecule has 0 bridgehead atoms. The number of para-hydroxylation sites is 1. The Bertz CT molecular complexity index is 501. The number of hydrogen-bond acceptors (Lipinski definition) is 3. The zero-order valence-electron chi connectivity index (χ0n) is 10.2. The zero-order valence-corrected chi connectivity index (χ0v) is 10.2. The summed E-state index contributed by atoms with van der Waals surface area (Å²) in [4.78, 5) is 35.5. The second-order valence-corrected chi connectivity index (χ2v) is 4.34. The summed E-state index contributed by atoms with van der Waals surface area (Å²) >= 11 is 0. The molecule has 2 amide bonds. The molecule has 6 heteroatoms. The number of rotatable bonds is 2. The topological polar surface area (TPSA) is 86.7 Å². The predicted octanol–water partition coefficient (Wildman–Crippen LogP) is 1.34. The molecule has 1 aliphatic heterocycles. The lowest BCUT2D eigenvalue weighted by Gasteiger charge is -2.31. The first-order chi connectivity index (χ1) is 9.08. The van der Waals surface area contributed by atoms with Gasteiger partial charge in [-0.15, -0.1) is 0 Å². The van der Waals surface area contributed by atoms with E-state index >= 15 is 0 Å². The summed E-state index contributed by atoms with van der Waals surface area (Å²) in [7, 11) is 0. The Morgan fingerprint density at radius 2 is 1.95 bits per heavy atom. The molecule has 0 radical (unpaired) electrons. The highest BCUT2D eigenvalue weighted by Gasteiger charge is 2.35. The van der Waals surface area contributed by atoms with E-state index in [0.29, 0.717) is 5.69 Å². The van der Waals surface area contributed by atoms with Crippen LogP contribution in [0.25, 0.3) is 0 Å². The molecule has 0 aromatic heterocycles. The fraction of sp³-hybridized carbons (Fsp3) is 0.308. The van der Waals surface area contributed by atoms with Gasteiger partial charge >= 0.3 is 6.09 Å². The molecular formula is C13H14N2O4. The highest BCUT2D eigenvalue weighted by atomic mass is 16.4. The summed E-state index contributed by atoms with van der Waals surface area (Å²) in [6, 6.07) is 7.79. The number of hydrogen-bond donors (Lipinski definition) is 2. The summed E-state index contributed by atoms with van der Waals surface area (Å²) in [6.45, 7) is 0.0705. The zero-order chi connectivity index (χ0) is 13.8. The number of piperidine rings is 1. The highest BCUT2D eigenvalue weighted by Crippen LogP contribution is 2.17. The van der Waals surface area contributed by atoms with E-state index in [1.807, 2.05) is 6.07 Å². The van der Waals surface area contributed by atoms with Crippen LogP contribution in [0.2, 0.25) is 0 Å². The normalized spacial score (nSPS) is 19.1. The van der Waals surface area contributed by atoms with Crippen molar-refractivity contribution in [2.24, 2.45) is 0 Å². The molecule has 6 nitrogen and oxygen atoms in total. The average molecular weight is 262 g/mol. The lowest BCUT2D eigenvalue weighted by atomic mass is 10.0. The molecule has 0 unspecified atom stereocenters. The van der Waals surface area contributed by atoms with Gasteiger partial charge in [-0.1, -0.05) is 18.2 Å². The van der Waals surface area contributed by atoms with E-state index in [0.717, 1.165) is 4.90 Å². The number of nitrogens with one attached hydrogen (secondary N) is 1. The van der Waals surface area contributed by atoms with Gasteiger partial charge in [0.2, 0.25) is 5.91 Å². The van der Waals surface area contributed by atoms with Crippen molar-refractivity contribution in [1.82, 2.24) is 4.90 Å². The molecule has 1 aliphatic rings. The lowest BCUT2D eigenvalue weighted by Crippen LogP contribution is -2.51. The Balaban J connectivity index is 2.11. The maximum atomic E-state index is 12.1. The SMILES string of the molecule is O=C1CCN(C(=O)O)[C@H](C(=O)Nc2ccccc2)C1. The fourth-order valence-electron chi connectivity index (χ4n) is 2.04. The molecule has 19 heavy (non-hydrogen) atoms. The van der Waals surface area contributed by atoms with E-state index in [1.165, 1.54) is 0 Å². The molecule has 2 rings (SSSR count). The third kappa shape index (κ3) is 3.09. The number of ketones is 1. The second-order valence-electron chi connectivity index (χ2n) is 4.34. The van der Waals surface area contributed by atoms with Gasteiger partial charge in [-0.05, 0) is 12.1 Å². The smallest absolute Gasteiger partial charge is 0.408 e. The Kier molecular flexibility index (Phi) is 3.79. The van der Waals surface area contributed by atoms with E-state index in [1.54, 1.807) is 24.3 Å². The number of anilines is 1. The second kappa shape index (κ2) is 5.51. The highest BCUT2D eigenvalue weighted by molar-refractivity contribution is 6.00. The van der Waals surface area contributed by atoms with Gasteiger partial charge in [-0.3, -0.25) is 14.5 Å². The van der Waals surface area contributed by atoms with Crippen LogP contribution < -0.4 is 5.32 Å². The molecule has 1 saturated heterocycles. The van der Waals surface area contributed by atoms with Crippen molar-refractivity contribution in [3.05, 3.63) is 30.3 Å². The van der Waals surface area contributed by atoms with E-state index in [2.05, 4.69) is 5.32 Å². The van der Waals surface area contributed by atoms with Crippen LogP contribution in [0.4, 0.5) is 10.5 Å². The standard InChI is InChI=1S/C13H14N2O4/c16-10-6-7-15(13(18)19)11(8-10)12(17)14-9-4-2-1-3-5-9/h1-5,11H,6-8H2,(H,14,17)(H,18,19)/t11-/m0/s1. The van der Waals surface area contributed by atoms with Crippen molar-refractivity contribution in [3.63, 3.8) is 0 Å². The van der Waals surface area contributed by atoms with Crippen LogP contribution in [0, 0.1) is 0 Å². The summed E-state index contributed by atoms with van der Waals surface area (Å²) in [5.74, 6) is -0.563. The van der Waals surface area contributed by atoms with Gasteiger partial charge < -0.3 is 10.4 Å². The van der Waals surface area contributed by atoms with Gasteiger partial charge in [-0.25, -0.2) is 4.79 Å². The Hall–Kier alpha value is -2.37. The molecule has 2 N–H and O–H groups in total. The first kappa shape index (κ1) is 13.1. The van der Waals surface area contributed by atoms with Crippen molar-refractivity contribution in [2.75, 3.05) is 11.9 Å². The molecule has 0 saturated carbocycles. The Labute approximate surface area is 110 Å². The number of amides is 2. The first-order valence-electron chi connectivity index (χ1n) is 5.95. The summed E-state index contributed by atoms with van der Waals surface area (Å²) in [5, 5.41) is 11.7. The van der Waals surface area contributed by atoms with Crippen molar-refractivity contribution in [2.45, 2.75) is 18.9 Å². The van der Waals surface area contributed by atoms with Crippen LogP contribution in [-0.4, -0.2) is 40.4 Å². The largest absolute Gasteiger partial charge is 0.465 e. The molecule has 100 valence electrons. The minimum Gasteiger partial charge on any atom is -0.465 e. The van der Waals surface area contributed by atoms with Crippen molar-refractivity contribution in [1.29, 1.82) is 0 Å². The van der Waals surface area contributed by atoms with Crippen LogP contribution in [0.3, 0.4) is 0 Å². The number of likely N-dealkylation sites (tertiary alicyclic amines) is 1. The van der Waals surface area contributed by atoms with Gasteiger partial charge in [0.05, 0.1) is 0 Å². The molecule has 1 heterocycles. The minimum atomic E-state index is -1.18. The van der Waals surface area contributed by atoms with E-state index in [4.69, 9.17) is 5.11 Å². The molecular weight excluding hydrogens is 248 g/mol. The number of carboxylic acid groups (broad SMARTS) is 1. The molecule has 1 fully saturated rings. The maximum absolute atomic E-state index is 12.1. The number of carbonyl (C=O) groups excluding carboxylic acids is 2. The first-order valence-corrected chi connectivity index (χ1v) is 5.95. The third-order valence-corrected chi connectivity index (χ3v) is 3.02.